The monoisotopic (exact) mass is 224 g/mol. The quantitative estimate of drug-likeness (QED) is 0.843. The van der Waals surface area contributed by atoms with E-state index in [9.17, 15) is 0 Å². The van der Waals surface area contributed by atoms with Crippen molar-refractivity contribution in [2.24, 2.45) is 11.7 Å². The summed E-state index contributed by atoms with van der Waals surface area (Å²) in [5, 5.41) is 4.00. The van der Waals surface area contributed by atoms with Gasteiger partial charge in [0.25, 0.3) is 5.95 Å². The van der Waals surface area contributed by atoms with Gasteiger partial charge in [-0.05, 0) is 23.9 Å². The molecule has 2 heterocycles. The van der Waals surface area contributed by atoms with Crippen molar-refractivity contribution in [2.75, 3.05) is 18.0 Å². The zero-order chi connectivity index (χ0) is 11.5. The Bertz CT molecular complexity index is 332. The van der Waals surface area contributed by atoms with Crippen LogP contribution in [0.2, 0.25) is 0 Å². The Morgan fingerprint density at radius 2 is 2.12 bits per heavy atom. The first-order chi connectivity index (χ1) is 7.72. The molecule has 2 N–H and O–H groups in total. The van der Waals surface area contributed by atoms with E-state index >= 15 is 0 Å². The summed E-state index contributed by atoms with van der Waals surface area (Å²) in [5.41, 5.74) is 6.05. The fourth-order valence-electron chi connectivity index (χ4n) is 1.91. The normalized spacial score (nSPS) is 20.1. The van der Waals surface area contributed by atoms with Gasteiger partial charge < -0.3 is 15.2 Å². The van der Waals surface area contributed by atoms with Crippen LogP contribution in [0.25, 0.3) is 0 Å². The van der Waals surface area contributed by atoms with Crippen molar-refractivity contribution in [3.8, 4) is 0 Å². The van der Waals surface area contributed by atoms with E-state index in [-0.39, 0.29) is 6.04 Å². The third-order valence-electron chi connectivity index (χ3n) is 3.36. The Balaban J connectivity index is 2.06. The van der Waals surface area contributed by atoms with E-state index < -0.39 is 0 Å². The van der Waals surface area contributed by atoms with Gasteiger partial charge in [-0.3, -0.25) is 0 Å². The van der Waals surface area contributed by atoms with Crippen LogP contribution in [0.5, 0.6) is 0 Å². The molecule has 90 valence electrons. The third-order valence-corrected chi connectivity index (χ3v) is 3.36. The van der Waals surface area contributed by atoms with E-state index in [1.807, 2.05) is 0 Å². The number of hydrogen-bond acceptors (Lipinski definition) is 5. The molecule has 1 aromatic heterocycles. The molecule has 0 aromatic carbocycles. The molecule has 2 rings (SSSR count). The van der Waals surface area contributed by atoms with Crippen LogP contribution in [0, 0.1) is 5.92 Å². The maximum atomic E-state index is 6.05. The SMILES string of the molecule is CCC(C)[C@H](N)c1nc(N2CCCC2)no1. The standard InChI is InChI=1S/C11H20N4O/c1-3-8(2)9(12)10-13-11(14-16-10)15-6-4-5-7-15/h8-9H,3-7,12H2,1-2H3/t8?,9-/m0/s1. The number of anilines is 1. The number of nitrogens with zero attached hydrogens (tertiary/aromatic N) is 3. The zero-order valence-corrected chi connectivity index (χ0v) is 10.0. The summed E-state index contributed by atoms with van der Waals surface area (Å²) in [6.45, 7) is 6.27. The Hall–Kier alpha value is -1.10. The van der Waals surface area contributed by atoms with Gasteiger partial charge in [-0.25, -0.2) is 0 Å². The smallest absolute Gasteiger partial charge is 0.266 e. The highest BCUT2D eigenvalue weighted by molar-refractivity contribution is 5.29. The van der Waals surface area contributed by atoms with Gasteiger partial charge in [0.05, 0.1) is 6.04 Å². The summed E-state index contributed by atoms with van der Waals surface area (Å²) in [5.74, 6) is 1.63. The molecule has 5 nitrogen and oxygen atoms in total. The molecule has 5 heteroatoms. The molecule has 1 aliphatic rings. The summed E-state index contributed by atoms with van der Waals surface area (Å²) in [6.07, 6.45) is 3.44. The van der Waals surface area contributed by atoms with Crippen LogP contribution in [0.15, 0.2) is 4.52 Å². The van der Waals surface area contributed by atoms with Crippen molar-refractivity contribution in [1.82, 2.24) is 10.1 Å². The minimum Gasteiger partial charge on any atom is -0.338 e. The molecule has 1 unspecified atom stereocenters. The Kier molecular flexibility index (Phi) is 3.43. The van der Waals surface area contributed by atoms with Gasteiger partial charge in [0.15, 0.2) is 0 Å². The van der Waals surface area contributed by atoms with Gasteiger partial charge in [-0.2, -0.15) is 4.98 Å². The van der Waals surface area contributed by atoms with E-state index in [1.165, 1.54) is 12.8 Å². The van der Waals surface area contributed by atoms with Crippen LogP contribution in [0.3, 0.4) is 0 Å². The second-order valence-corrected chi connectivity index (χ2v) is 4.54. The van der Waals surface area contributed by atoms with E-state index in [0.717, 1.165) is 19.5 Å². The van der Waals surface area contributed by atoms with Crippen LogP contribution in [-0.2, 0) is 0 Å². The molecule has 0 bridgehead atoms. The van der Waals surface area contributed by atoms with Gasteiger partial charge in [-0.15, -0.1) is 0 Å². The van der Waals surface area contributed by atoms with Crippen LogP contribution in [0.1, 0.15) is 45.0 Å². The molecule has 2 atom stereocenters. The molecule has 0 spiro atoms. The van der Waals surface area contributed by atoms with Crippen LogP contribution < -0.4 is 10.6 Å². The van der Waals surface area contributed by atoms with E-state index in [2.05, 4.69) is 28.9 Å². The molecular weight excluding hydrogens is 204 g/mol. The first-order valence-corrected chi connectivity index (χ1v) is 6.06. The Morgan fingerprint density at radius 3 is 2.75 bits per heavy atom. The molecule has 16 heavy (non-hydrogen) atoms. The van der Waals surface area contributed by atoms with Crippen molar-refractivity contribution in [3.63, 3.8) is 0 Å². The van der Waals surface area contributed by atoms with Crippen molar-refractivity contribution < 1.29 is 4.52 Å². The minimum absolute atomic E-state index is 0.145. The van der Waals surface area contributed by atoms with Crippen molar-refractivity contribution in [2.45, 2.75) is 39.2 Å². The first-order valence-electron chi connectivity index (χ1n) is 6.06. The average molecular weight is 224 g/mol. The molecule has 0 aliphatic carbocycles. The minimum atomic E-state index is -0.145. The zero-order valence-electron chi connectivity index (χ0n) is 10.0. The molecule has 0 saturated carbocycles. The molecule has 0 amide bonds. The highest BCUT2D eigenvalue weighted by atomic mass is 16.5. The lowest BCUT2D eigenvalue weighted by atomic mass is 10.0. The van der Waals surface area contributed by atoms with Crippen LogP contribution in [-0.4, -0.2) is 23.2 Å². The maximum Gasteiger partial charge on any atom is 0.266 e. The summed E-state index contributed by atoms with van der Waals surface area (Å²) >= 11 is 0. The highest BCUT2D eigenvalue weighted by Gasteiger charge is 2.23. The molecule has 1 saturated heterocycles. The van der Waals surface area contributed by atoms with E-state index in [1.54, 1.807) is 0 Å². The molecule has 1 fully saturated rings. The Labute approximate surface area is 96.0 Å². The molecular formula is C11H20N4O. The summed E-state index contributed by atoms with van der Waals surface area (Å²) < 4.78 is 5.23. The Morgan fingerprint density at radius 1 is 1.44 bits per heavy atom. The molecule has 1 aliphatic heterocycles. The number of rotatable bonds is 4. The lowest BCUT2D eigenvalue weighted by Crippen LogP contribution is -2.21. The topological polar surface area (TPSA) is 68.2 Å². The lowest BCUT2D eigenvalue weighted by Gasteiger charge is -2.13. The largest absolute Gasteiger partial charge is 0.338 e. The second kappa shape index (κ2) is 4.82. The second-order valence-electron chi connectivity index (χ2n) is 4.54. The van der Waals surface area contributed by atoms with Crippen molar-refractivity contribution in [1.29, 1.82) is 0 Å². The lowest BCUT2D eigenvalue weighted by molar-refractivity contribution is 0.312. The number of aromatic nitrogens is 2. The molecule has 0 radical (unpaired) electrons. The summed E-state index contributed by atoms with van der Waals surface area (Å²) in [4.78, 5) is 6.53. The fraction of sp³-hybridized carbons (Fsp3) is 0.818. The first kappa shape index (κ1) is 11.4. The van der Waals surface area contributed by atoms with Gasteiger partial charge in [0, 0.05) is 13.1 Å². The van der Waals surface area contributed by atoms with Crippen molar-refractivity contribution in [3.05, 3.63) is 5.89 Å². The summed E-state index contributed by atoms with van der Waals surface area (Å²) in [6, 6.07) is -0.145. The summed E-state index contributed by atoms with van der Waals surface area (Å²) in [7, 11) is 0. The predicted octanol–water partition coefficient (Wildman–Crippen LogP) is 1.72. The van der Waals surface area contributed by atoms with Crippen LogP contribution >= 0.6 is 0 Å². The fourth-order valence-corrected chi connectivity index (χ4v) is 1.91. The number of hydrogen-bond donors (Lipinski definition) is 1. The maximum absolute atomic E-state index is 6.05. The predicted molar refractivity (Wildman–Crippen MR) is 62.1 cm³/mol. The highest BCUT2D eigenvalue weighted by Crippen LogP contribution is 2.23. The van der Waals surface area contributed by atoms with E-state index in [0.29, 0.717) is 17.8 Å². The van der Waals surface area contributed by atoms with Gasteiger partial charge >= 0.3 is 0 Å². The van der Waals surface area contributed by atoms with Gasteiger partial charge in [0.1, 0.15) is 0 Å². The van der Waals surface area contributed by atoms with Gasteiger partial charge in [-0.1, -0.05) is 20.3 Å². The van der Waals surface area contributed by atoms with E-state index in [4.69, 9.17) is 10.3 Å². The van der Waals surface area contributed by atoms with Crippen LogP contribution in [0.4, 0.5) is 5.95 Å². The third kappa shape index (κ3) is 2.19. The van der Waals surface area contributed by atoms with Crippen molar-refractivity contribution >= 4 is 5.95 Å². The average Bonchev–Trinajstić information content (AvgIpc) is 2.96. The van der Waals surface area contributed by atoms with Gasteiger partial charge in [0.2, 0.25) is 5.89 Å². The molecule has 1 aromatic rings. The number of nitrogens with two attached hydrogens (primary N) is 1.